The van der Waals surface area contributed by atoms with Crippen LogP contribution < -0.4 is 10.5 Å². The van der Waals surface area contributed by atoms with Crippen LogP contribution in [-0.2, 0) is 10.0 Å². The van der Waals surface area contributed by atoms with Crippen LogP contribution in [0.4, 0.5) is 0 Å². The Hall–Kier alpha value is -0.130. The van der Waals surface area contributed by atoms with E-state index in [2.05, 4.69) is 4.72 Å². The summed E-state index contributed by atoms with van der Waals surface area (Å²) in [6.07, 6.45) is 5.73. The van der Waals surface area contributed by atoms with Crippen molar-refractivity contribution in [3.05, 3.63) is 0 Å². The van der Waals surface area contributed by atoms with Gasteiger partial charge in [-0.05, 0) is 18.8 Å². The van der Waals surface area contributed by atoms with Crippen molar-refractivity contribution in [2.75, 3.05) is 18.8 Å². The molecule has 0 unspecified atom stereocenters. The van der Waals surface area contributed by atoms with E-state index in [4.69, 9.17) is 5.73 Å². The van der Waals surface area contributed by atoms with E-state index in [-0.39, 0.29) is 5.75 Å². The van der Waals surface area contributed by atoms with Crippen molar-refractivity contribution in [3.8, 4) is 0 Å². The lowest BCUT2D eigenvalue weighted by Crippen LogP contribution is -2.34. The number of rotatable bonds is 5. The monoisotopic (exact) mass is 220 g/mol. The van der Waals surface area contributed by atoms with Crippen LogP contribution in [0.1, 0.15) is 32.1 Å². The van der Waals surface area contributed by atoms with Gasteiger partial charge >= 0.3 is 0 Å². The standard InChI is InChI=1S/C9H20N2O2S/c10-6-7-11-14(12,13)8-9-4-2-1-3-5-9/h9,11H,1-8,10H2. The molecule has 1 aliphatic rings. The maximum absolute atomic E-state index is 11.5. The van der Waals surface area contributed by atoms with E-state index in [0.29, 0.717) is 19.0 Å². The fourth-order valence-electron chi connectivity index (χ4n) is 1.94. The Morgan fingerprint density at radius 2 is 1.86 bits per heavy atom. The molecule has 0 amide bonds. The zero-order valence-electron chi connectivity index (χ0n) is 8.54. The quantitative estimate of drug-likeness (QED) is 0.706. The summed E-state index contributed by atoms with van der Waals surface area (Å²) in [6.45, 7) is 0.721. The lowest BCUT2D eigenvalue weighted by atomic mass is 9.91. The molecule has 0 aliphatic heterocycles. The first-order chi connectivity index (χ1) is 6.64. The fraction of sp³-hybridized carbons (Fsp3) is 1.00. The SMILES string of the molecule is NCCNS(=O)(=O)CC1CCCCC1. The molecule has 0 radical (unpaired) electrons. The molecule has 0 heterocycles. The first-order valence-electron chi connectivity index (χ1n) is 5.31. The Bertz CT molecular complexity index is 246. The Morgan fingerprint density at radius 1 is 1.21 bits per heavy atom. The molecule has 0 spiro atoms. The summed E-state index contributed by atoms with van der Waals surface area (Å²) < 4.78 is 25.5. The summed E-state index contributed by atoms with van der Waals surface area (Å²) in [5.41, 5.74) is 5.24. The van der Waals surface area contributed by atoms with Gasteiger partial charge in [0.05, 0.1) is 5.75 Å². The third-order valence-electron chi connectivity index (χ3n) is 2.65. The number of sulfonamides is 1. The summed E-state index contributed by atoms with van der Waals surface area (Å²) in [4.78, 5) is 0. The van der Waals surface area contributed by atoms with E-state index in [1.165, 1.54) is 19.3 Å². The minimum atomic E-state index is -3.07. The molecule has 0 aromatic rings. The van der Waals surface area contributed by atoms with Gasteiger partial charge in [0.15, 0.2) is 0 Å². The van der Waals surface area contributed by atoms with Gasteiger partial charge in [0, 0.05) is 13.1 Å². The summed E-state index contributed by atoms with van der Waals surface area (Å²) in [5, 5.41) is 0. The summed E-state index contributed by atoms with van der Waals surface area (Å²) in [6, 6.07) is 0. The predicted octanol–water partition coefficient (Wildman–Crippen LogP) is 0.445. The van der Waals surface area contributed by atoms with Gasteiger partial charge in [-0.25, -0.2) is 13.1 Å². The molecule has 0 aromatic heterocycles. The van der Waals surface area contributed by atoms with Gasteiger partial charge in [0.1, 0.15) is 0 Å². The lowest BCUT2D eigenvalue weighted by molar-refractivity contribution is 0.384. The molecule has 1 aliphatic carbocycles. The summed E-state index contributed by atoms with van der Waals surface area (Å²) in [5.74, 6) is 0.645. The van der Waals surface area contributed by atoms with Gasteiger partial charge in [0.25, 0.3) is 0 Å². The zero-order chi connectivity index (χ0) is 10.4. The minimum Gasteiger partial charge on any atom is -0.329 e. The van der Waals surface area contributed by atoms with Crippen molar-refractivity contribution >= 4 is 10.0 Å². The first-order valence-corrected chi connectivity index (χ1v) is 6.96. The van der Waals surface area contributed by atoms with Crippen molar-refractivity contribution in [1.29, 1.82) is 0 Å². The largest absolute Gasteiger partial charge is 0.329 e. The van der Waals surface area contributed by atoms with Crippen LogP contribution in [0.5, 0.6) is 0 Å². The van der Waals surface area contributed by atoms with Crippen LogP contribution in [0.3, 0.4) is 0 Å². The number of hydrogen-bond acceptors (Lipinski definition) is 3. The molecule has 0 bridgehead atoms. The smallest absolute Gasteiger partial charge is 0.211 e. The van der Waals surface area contributed by atoms with Crippen LogP contribution in [0.25, 0.3) is 0 Å². The maximum atomic E-state index is 11.5. The number of nitrogens with two attached hydrogens (primary N) is 1. The van der Waals surface area contributed by atoms with E-state index in [0.717, 1.165) is 12.8 Å². The van der Waals surface area contributed by atoms with Gasteiger partial charge in [-0.1, -0.05) is 19.3 Å². The highest BCUT2D eigenvalue weighted by atomic mass is 32.2. The zero-order valence-corrected chi connectivity index (χ0v) is 9.35. The molecule has 1 rings (SSSR count). The highest BCUT2D eigenvalue weighted by Gasteiger charge is 2.20. The molecule has 4 nitrogen and oxygen atoms in total. The number of hydrogen-bond donors (Lipinski definition) is 2. The van der Waals surface area contributed by atoms with Crippen molar-refractivity contribution in [2.24, 2.45) is 11.7 Å². The van der Waals surface area contributed by atoms with Crippen molar-refractivity contribution in [2.45, 2.75) is 32.1 Å². The second-order valence-electron chi connectivity index (χ2n) is 3.97. The Kier molecular flexibility index (Phi) is 4.84. The molecule has 14 heavy (non-hydrogen) atoms. The third-order valence-corrected chi connectivity index (χ3v) is 4.20. The molecule has 5 heteroatoms. The highest BCUT2D eigenvalue weighted by molar-refractivity contribution is 7.89. The van der Waals surface area contributed by atoms with Gasteiger partial charge in [-0.3, -0.25) is 0 Å². The molecule has 0 atom stereocenters. The predicted molar refractivity (Wildman–Crippen MR) is 57.4 cm³/mol. The van der Waals surface area contributed by atoms with Crippen LogP contribution in [-0.4, -0.2) is 27.3 Å². The van der Waals surface area contributed by atoms with E-state index >= 15 is 0 Å². The van der Waals surface area contributed by atoms with Crippen LogP contribution in [0.2, 0.25) is 0 Å². The maximum Gasteiger partial charge on any atom is 0.211 e. The molecule has 1 fully saturated rings. The van der Waals surface area contributed by atoms with Crippen LogP contribution >= 0.6 is 0 Å². The topological polar surface area (TPSA) is 72.2 Å². The Labute approximate surface area is 86.3 Å². The van der Waals surface area contributed by atoms with Crippen LogP contribution in [0, 0.1) is 5.92 Å². The molecule has 84 valence electrons. The van der Waals surface area contributed by atoms with E-state index in [9.17, 15) is 8.42 Å². The molecule has 3 N–H and O–H groups in total. The molecule has 0 aromatic carbocycles. The normalized spacial score (nSPS) is 19.8. The summed E-state index contributed by atoms with van der Waals surface area (Å²) in [7, 11) is -3.07. The second kappa shape index (κ2) is 5.68. The number of nitrogens with one attached hydrogen (secondary N) is 1. The first kappa shape index (κ1) is 11.9. The summed E-state index contributed by atoms with van der Waals surface area (Å²) >= 11 is 0. The lowest BCUT2D eigenvalue weighted by Gasteiger charge is -2.21. The molecular weight excluding hydrogens is 200 g/mol. The van der Waals surface area contributed by atoms with E-state index < -0.39 is 10.0 Å². The van der Waals surface area contributed by atoms with Gasteiger partial charge in [0.2, 0.25) is 10.0 Å². The minimum absolute atomic E-state index is 0.285. The average molecular weight is 220 g/mol. The second-order valence-corrected chi connectivity index (χ2v) is 5.82. The molecule has 1 saturated carbocycles. The average Bonchev–Trinajstić information content (AvgIpc) is 2.16. The van der Waals surface area contributed by atoms with Crippen molar-refractivity contribution < 1.29 is 8.42 Å². The van der Waals surface area contributed by atoms with Crippen molar-refractivity contribution in [1.82, 2.24) is 4.72 Å². The third kappa shape index (κ3) is 4.39. The van der Waals surface area contributed by atoms with E-state index in [1.54, 1.807) is 0 Å². The van der Waals surface area contributed by atoms with E-state index in [1.807, 2.05) is 0 Å². The molecular formula is C9H20N2O2S. The molecule has 0 saturated heterocycles. The van der Waals surface area contributed by atoms with Crippen molar-refractivity contribution in [3.63, 3.8) is 0 Å². The Morgan fingerprint density at radius 3 is 2.43 bits per heavy atom. The fourth-order valence-corrected chi connectivity index (χ4v) is 3.44. The highest BCUT2D eigenvalue weighted by Crippen LogP contribution is 2.24. The van der Waals surface area contributed by atoms with Gasteiger partial charge < -0.3 is 5.73 Å². The Balaban J connectivity index is 2.33. The van der Waals surface area contributed by atoms with Gasteiger partial charge in [-0.15, -0.1) is 0 Å². The van der Waals surface area contributed by atoms with Gasteiger partial charge in [-0.2, -0.15) is 0 Å². The van der Waals surface area contributed by atoms with Crippen LogP contribution in [0.15, 0.2) is 0 Å².